The zero-order chi connectivity index (χ0) is 14.4. The number of thiophene rings is 1. The van der Waals surface area contributed by atoms with Gasteiger partial charge in [-0.1, -0.05) is 24.6 Å². The second-order valence-electron chi connectivity index (χ2n) is 5.18. The highest BCUT2D eigenvalue weighted by atomic mass is 35.5. The Labute approximate surface area is 131 Å². The Kier molecular flexibility index (Phi) is 6.08. The molecule has 1 N–H and O–H groups in total. The summed E-state index contributed by atoms with van der Waals surface area (Å²) in [6.45, 7) is 5.40. The van der Waals surface area contributed by atoms with Crippen molar-refractivity contribution in [3.8, 4) is 0 Å². The van der Waals surface area contributed by atoms with E-state index in [4.69, 9.17) is 11.6 Å². The molecule has 1 aromatic carbocycles. The van der Waals surface area contributed by atoms with Crippen LogP contribution >= 0.6 is 22.9 Å². The summed E-state index contributed by atoms with van der Waals surface area (Å²) in [5.41, 5.74) is 4.08. The molecule has 2 aromatic rings. The summed E-state index contributed by atoms with van der Waals surface area (Å²) in [5.74, 6) is 0. The van der Waals surface area contributed by atoms with E-state index in [1.807, 2.05) is 6.07 Å². The summed E-state index contributed by atoms with van der Waals surface area (Å²) in [5, 5.41) is 8.88. The number of halogens is 1. The van der Waals surface area contributed by atoms with Crippen molar-refractivity contribution < 1.29 is 0 Å². The Morgan fingerprint density at radius 2 is 2.15 bits per heavy atom. The smallest absolute Gasteiger partial charge is 0.0408 e. The van der Waals surface area contributed by atoms with Crippen LogP contribution in [-0.4, -0.2) is 6.54 Å². The molecule has 0 saturated heterocycles. The number of hydrogen-bond acceptors (Lipinski definition) is 2. The maximum atomic E-state index is 6.07. The molecule has 1 unspecified atom stereocenters. The number of hydrogen-bond donors (Lipinski definition) is 1. The fraction of sp³-hybridized carbons (Fsp3) is 0.412. The summed E-state index contributed by atoms with van der Waals surface area (Å²) < 4.78 is 0. The van der Waals surface area contributed by atoms with Gasteiger partial charge in [0.25, 0.3) is 0 Å². The van der Waals surface area contributed by atoms with Crippen LogP contribution in [0, 0.1) is 6.92 Å². The highest BCUT2D eigenvalue weighted by Gasteiger charge is 2.13. The van der Waals surface area contributed by atoms with E-state index in [1.165, 1.54) is 16.7 Å². The first-order chi connectivity index (χ1) is 9.70. The van der Waals surface area contributed by atoms with Crippen molar-refractivity contribution in [2.24, 2.45) is 0 Å². The molecule has 0 saturated carbocycles. The van der Waals surface area contributed by atoms with Crippen molar-refractivity contribution in [2.75, 3.05) is 6.54 Å². The lowest BCUT2D eigenvalue weighted by molar-refractivity contribution is 0.497. The van der Waals surface area contributed by atoms with E-state index in [-0.39, 0.29) is 0 Å². The standard InChI is InChI=1S/C17H22ClNS/c1-3-9-19-17(7-4-14-8-10-20-12-14)16-6-5-15(18)11-13(16)2/h5-6,8,10-12,17,19H,3-4,7,9H2,1-2H3. The Morgan fingerprint density at radius 3 is 2.80 bits per heavy atom. The normalized spacial score (nSPS) is 12.6. The molecule has 0 amide bonds. The molecular formula is C17H22ClNS. The Hall–Kier alpha value is -0.830. The number of aryl methyl sites for hydroxylation is 2. The SMILES string of the molecule is CCCNC(CCc1ccsc1)c1ccc(Cl)cc1C. The molecule has 3 heteroatoms. The van der Waals surface area contributed by atoms with Crippen molar-refractivity contribution >= 4 is 22.9 Å². The molecular weight excluding hydrogens is 286 g/mol. The van der Waals surface area contributed by atoms with Crippen LogP contribution in [0.15, 0.2) is 35.0 Å². The van der Waals surface area contributed by atoms with Gasteiger partial charge in [-0.15, -0.1) is 0 Å². The monoisotopic (exact) mass is 307 g/mol. The molecule has 1 aromatic heterocycles. The van der Waals surface area contributed by atoms with Gasteiger partial charge in [0, 0.05) is 11.1 Å². The van der Waals surface area contributed by atoms with Gasteiger partial charge in [0.2, 0.25) is 0 Å². The van der Waals surface area contributed by atoms with Gasteiger partial charge < -0.3 is 5.32 Å². The molecule has 0 aliphatic rings. The molecule has 0 spiro atoms. The summed E-state index contributed by atoms with van der Waals surface area (Å²) >= 11 is 7.84. The van der Waals surface area contributed by atoms with Gasteiger partial charge in [0.05, 0.1) is 0 Å². The van der Waals surface area contributed by atoms with Crippen molar-refractivity contribution in [3.05, 3.63) is 56.7 Å². The first-order valence-electron chi connectivity index (χ1n) is 7.21. The fourth-order valence-corrected chi connectivity index (χ4v) is 3.39. The minimum atomic E-state index is 0.409. The van der Waals surface area contributed by atoms with Crippen molar-refractivity contribution in [3.63, 3.8) is 0 Å². The molecule has 1 atom stereocenters. The zero-order valence-electron chi connectivity index (χ0n) is 12.2. The molecule has 0 aliphatic heterocycles. The highest BCUT2D eigenvalue weighted by Crippen LogP contribution is 2.25. The predicted octanol–water partition coefficient (Wildman–Crippen LogP) is 5.38. The highest BCUT2D eigenvalue weighted by molar-refractivity contribution is 7.07. The third-order valence-electron chi connectivity index (χ3n) is 3.55. The molecule has 0 bridgehead atoms. The van der Waals surface area contributed by atoms with Crippen LogP contribution < -0.4 is 5.32 Å². The number of nitrogens with one attached hydrogen (secondary N) is 1. The largest absolute Gasteiger partial charge is 0.310 e. The topological polar surface area (TPSA) is 12.0 Å². The predicted molar refractivity (Wildman–Crippen MR) is 89.9 cm³/mol. The van der Waals surface area contributed by atoms with Crippen LogP contribution in [0.3, 0.4) is 0 Å². The lowest BCUT2D eigenvalue weighted by atomic mass is 9.96. The molecule has 0 aliphatic carbocycles. The van der Waals surface area contributed by atoms with Gasteiger partial charge in [-0.25, -0.2) is 0 Å². The van der Waals surface area contributed by atoms with Gasteiger partial charge in [-0.05, 0) is 78.4 Å². The first-order valence-corrected chi connectivity index (χ1v) is 8.53. The molecule has 108 valence electrons. The lowest BCUT2D eigenvalue weighted by Crippen LogP contribution is -2.23. The third kappa shape index (κ3) is 4.34. The molecule has 0 fully saturated rings. The van der Waals surface area contributed by atoms with E-state index in [0.29, 0.717) is 6.04 Å². The van der Waals surface area contributed by atoms with E-state index in [2.05, 4.69) is 48.1 Å². The summed E-state index contributed by atoms with van der Waals surface area (Å²) in [7, 11) is 0. The fourth-order valence-electron chi connectivity index (χ4n) is 2.46. The number of benzene rings is 1. The molecule has 20 heavy (non-hydrogen) atoms. The van der Waals surface area contributed by atoms with Crippen molar-refractivity contribution in [1.82, 2.24) is 5.32 Å². The minimum absolute atomic E-state index is 0.409. The Balaban J connectivity index is 2.09. The van der Waals surface area contributed by atoms with E-state index >= 15 is 0 Å². The molecule has 1 heterocycles. The van der Waals surface area contributed by atoms with Crippen molar-refractivity contribution in [1.29, 1.82) is 0 Å². The van der Waals surface area contributed by atoms with Crippen molar-refractivity contribution in [2.45, 2.75) is 39.2 Å². The van der Waals surface area contributed by atoms with E-state index in [9.17, 15) is 0 Å². The quantitative estimate of drug-likeness (QED) is 0.723. The average molecular weight is 308 g/mol. The maximum Gasteiger partial charge on any atom is 0.0408 e. The van der Waals surface area contributed by atoms with Crippen LogP contribution in [0.1, 0.15) is 42.5 Å². The van der Waals surface area contributed by atoms with Crippen LogP contribution in [0.2, 0.25) is 5.02 Å². The van der Waals surface area contributed by atoms with Crippen LogP contribution in [0.5, 0.6) is 0 Å². The molecule has 0 radical (unpaired) electrons. The second-order valence-corrected chi connectivity index (χ2v) is 6.39. The van der Waals surface area contributed by atoms with Crippen LogP contribution in [-0.2, 0) is 6.42 Å². The molecule has 2 rings (SSSR count). The number of rotatable bonds is 7. The van der Waals surface area contributed by atoms with Gasteiger partial charge in [-0.2, -0.15) is 11.3 Å². The lowest BCUT2D eigenvalue weighted by Gasteiger charge is -2.21. The van der Waals surface area contributed by atoms with Gasteiger partial charge in [0.15, 0.2) is 0 Å². The van der Waals surface area contributed by atoms with Crippen LogP contribution in [0.25, 0.3) is 0 Å². The second kappa shape index (κ2) is 7.82. The van der Waals surface area contributed by atoms with Gasteiger partial charge in [0.1, 0.15) is 0 Å². The summed E-state index contributed by atoms with van der Waals surface area (Å²) in [6.07, 6.45) is 3.40. The Morgan fingerprint density at radius 1 is 1.30 bits per heavy atom. The minimum Gasteiger partial charge on any atom is -0.310 e. The van der Waals surface area contributed by atoms with E-state index < -0.39 is 0 Å². The first kappa shape index (κ1) is 15.6. The van der Waals surface area contributed by atoms with E-state index in [0.717, 1.165) is 30.8 Å². The maximum absolute atomic E-state index is 6.07. The molecule has 1 nitrogen and oxygen atoms in total. The van der Waals surface area contributed by atoms with Gasteiger partial charge in [-0.3, -0.25) is 0 Å². The third-order valence-corrected chi connectivity index (χ3v) is 4.52. The average Bonchev–Trinajstić information content (AvgIpc) is 2.93. The Bertz CT molecular complexity index is 522. The van der Waals surface area contributed by atoms with E-state index in [1.54, 1.807) is 11.3 Å². The summed E-state index contributed by atoms with van der Waals surface area (Å²) in [6, 6.07) is 8.85. The van der Waals surface area contributed by atoms with Gasteiger partial charge >= 0.3 is 0 Å². The zero-order valence-corrected chi connectivity index (χ0v) is 13.7. The van der Waals surface area contributed by atoms with Crippen LogP contribution in [0.4, 0.5) is 0 Å². The summed E-state index contributed by atoms with van der Waals surface area (Å²) in [4.78, 5) is 0.